The van der Waals surface area contributed by atoms with Gasteiger partial charge in [-0.1, -0.05) is 48.5 Å². The first-order chi connectivity index (χ1) is 11.7. The van der Waals surface area contributed by atoms with Crippen LogP contribution in [-0.4, -0.2) is 18.2 Å². The second-order valence-electron chi connectivity index (χ2n) is 5.13. The minimum absolute atomic E-state index is 0.296. The molecule has 120 valence electrons. The summed E-state index contributed by atoms with van der Waals surface area (Å²) in [6, 6.07) is 20.7. The number of carbonyl (C=O) groups is 1. The average Bonchev–Trinajstić information content (AvgIpc) is 3.14. The van der Waals surface area contributed by atoms with E-state index in [9.17, 15) is 9.90 Å². The molecular weight excluding hydrogens is 320 g/mol. The summed E-state index contributed by atoms with van der Waals surface area (Å²) >= 11 is 1.42. The minimum Gasteiger partial charge on any atom is -0.497 e. The van der Waals surface area contributed by atoms with Gasteiger partial charge in [0.2, 0.25) is 0 Å². The predicted octanol–water partition coefficient (Wildman–Crippen LogP) is 4.80. The smallest absolute Gasteiger partial charge is 0.337 e. The largest absolute Gasteiger partial charge is 0.497 e. The quantitative estimate of drug-likeness (QED) is 0.681. The van der Waals surface area contributed by atoms with Crippen LogP contribution in [0.15, 0.2) is 72.1 Å². The van der Waals surface area contributed by atoms with Crippen molar-refractivity contribution in [2.24, 2.45) is 0 Å². The Morgan fingerprint density at radius 2 is 1.71 bits per heavy atom. The monoisotopic (exact) mass is 336 g/mol. The lowest BCUT2D eigenvalue weighted by atomic mass is 9.92. The highest BCUT2D eigenvalue weighted by Gasteiger charge is 2.20. The number of ether oxygens (including phenoxy) is 1. The van der Waals surface area contributed by atoms with Gasteiger partial charge in [-0.3, -0.25) is 0 Å². The van der Waals surface area contributed by atoms with Gasteiger partial charge < -0.3 is 9.84 Å². The molecule has 0 aliphatic rings. The molecule has 3 rings (SSSR count). The second-order valence-corrected chi connectivity index (χ2v) is 6.08. The van der Waals surface area contributed by atoms with E-state index < -0.39 is 5.97 Å². The minimum atomic E-state index is -0.945. The van der Waals surface area contributed by atoms with Crippen LogP contribution in [0, 0.1) is 0 Å². The first kappa shape index (κ1) is 16.0. The third-order valence-corrected chi connectivity index (χ3v) is 4.54. The second kappa shape index (κ2) is 7.15. The van der Waals surface area contributed by atoms with Crippen molar-refractivity contribution in [3.8, 4) is 5.75 Å². The number of carboxylic acid groups (broad SMARTS) is 1. The number of hydrogen-bond acceptors (Lipinski definition) is 3. The van der Waals surface area contributed by atoms with E-state index in [-0.39, 0.29) is 0 Å². The Morgan fingerprint density at radius 1 is 0.958 bits per heavy atom. The van der Waals surface area contributed by atoms with E-state index in [1.807, 2.05) is 72.1 Å². The predicted molar refractivity (Wildman–Crippen MR) is 97.3 cm³/mol. The summed E-state index contributed by atoms with van der Waals surface area (Å²) in [5.41, 5.74) is 2.65. The number of benzene rings is 2. The Hall–Kier alpha value is -2.85. The van der Waals surface area contributed by atoms with Gasteiger partial charge in [-0.15, -0.1) is 11.3 Å². The topological polar surface area (TPSA) is 46.5 Å². The van der Waals surface area contributed by atoms with Crippen molar-refractivity contribution in [3.63, 3.8) is 0 Å². The maximum atomic E-state index is 12.1. The van der Waals surface area contributed by atoms with Crippen LogP contribution < -0.4 is 4.74 Å². The molecule has 0 fully saturated rings. The highest BCUT2D eigenvalue weighted by Crippen LogP contribution is 2.35. The van der Waals surface area contributed by atoms with Crippen molar-refractivity contribution in [1.82, 2.24) is 0 Å². The molecule has 0 amide bonds. The van der Waals surface area contributed by atoms with Crippen LogP contribution in [0.3, 0.4) is 0 Å². The number of hydrogen-bond donors (Lipinski definition) is 1. The first-order valence-corrected chi connectivity index (χ1v) is 8.30. The van der Waals surface area contributed by atoms with Crippen LogP contribution in [0.5, 0.6) is 5.75 Å². The summed E-state index contributed by atoms with van der Waals surface area (Å²) in [6.45, 7) is 0. The Balaban J connectivity index is 2.33. The molecule has 0 atom stereocenters. The molecule has 24 heavy (non-hydrogen) atoms. The van der Waals surface area contributed by atoms with Gasteiger partial charge in [-0.25, -0.2) is 4.79 Å². The van der Waals surface area contributed by atoms with Gasteiger partial charge in [0.1, 0.15) is 5.75 Å². The molecule has 1 aromatic heterocycles. The van der Waals surface area contributed by atoms with Gasteiger partial charge in [0.25, 0.3) is 0 Å². The van der Waals surface area contributed by atoms with Crippen molar-refractivity contribution < 1.29 is 14.6 Å². The van der Waals surface area contributed by atoms with E-state index in [1.165, 1.54) is 11.3 Å². The third-order valence-electron chi connectivity index (χ3n) is 3.65. The molecule has 0 aliphatic heterocycles. The zero-order chi connectivity index (χ0) is 16.9. The highest BCUT2D eigenvalue weighted by atomic mass is 32.1. The average molecular weight is 336 g/mol. The number of rotatable bonds is 5. The van der Waals surface area contributed by atoms with E-state index >= 15 is 0 Å². The highest BCUT2D eigenvalue weighted by molar-refractivity contribution is 7.11. The standard InChI is InChI=1S/C20H16O3S/c1-23-16-10-5-9-15(13-16)18(14-7-3-2-4-8-14)19(20(21)22)17-11-6-12-24-17/h2-13H,1H3,(H,21,22)/b19-18-. The Kier molecular flexibility index (Phi) is 4.77. The molecule has 0 bridgehead atoms. The fourth-order valence-electron chi connectivity index (χ4n) is 2.60. The Morgan fingerprint density at radius 3 is 2.33 bits per heavy atom. The van der Waals surface area contributed by atoms with Crippen molar-refractivity contribution in [2.45, 2.75) is 0 Å². The fourth-order valence-corrected chi connectivity index (χ4v) is 3.36. The number of thiophene rings is 1. The fraction of sp³-hybridized carbons (Fsp3) is 0.0500. The molecule has 4 heteroatoms. The van der Waals surface area contributed by atoms with Gasteiger partial charge >= 0.3 is 5.97 Å². The van der Waals surface area contributed by atoms with Crippen LogP contribution in [0.2, 0.25) is 0 Å². The molecule has 2 aromatic carbocycles. The van der Waals surface area contributed by atoms with E-state index in [2.05, 4.69) is 0 Å². The van der Waals surface area contributed by atoms with E-state index in [0.717, 1.165) is 16.0 Å². The molecule has 0 saturated carbocycles. The van der Waals surface area contributed by atoms with Crippen molar-refractivity contribution in [3.05, 3.63) is 88.1 Å². The van der Waals surface area contributed by atoms with E-state index in [0.29, 0.717) is 16.9 Å². The summed E-state index contributed by atoms with van der Waals surface area (Å²) in [6.07, 6.45) is 0. The summed E-state index contributed by atoms with van der Waals surface area (Å²) in [4.78, 5) is 12.8. The molecule has 3 nitrogen and oxygen atoms in total. The van der Waals surface area contributed by atoms with Crippen LogP contribution in [0.25, 0.3) is 11.1 Å². The Labute approximate surface area is 144 Å². The van der Waals surface area contributed by atoms with Crippen LogP contribution in [-0.2, 0) is 4.79 Å². The normalized spacial score (nSPS) is 11.7. The van der Waals surface area contributed by atoms with Crippen LogP contribution >= 0.6 is 11.3 Å². The van der Waals surface area contributed by atoms with Gasteiger partial charge in [0.15, 0.2) is 0 Å². The maximum Gasteiger partial charge on any atom is 0.337 e. The molecule has 3 aromatic rings. The third kappa shape index (κ3) is 3.24. The van der Waals surface area contributed by atoms with Crippen molar-refractivity contribution >= 4 is 28.5 Å². The maximum absolute atomic E-state index is 12.1. The SMILES string of the molecule is COc1cccc(/C(=C(\C(=O)O)c2cccs2)c2ccccc2)c1. The van der Waals surface area contributed by atoms with E-state index in [4.69, 9.17) is 4.74 Å². The molecule has 1 N–H and O–H groups in total. The van der Waals surface area contributed by atoms with Gasteiger partial charge in [-0.05, 0) is 34.7 Å². The number of aliphatic carboxylic acids is 1. The molecular formula is C20H16O3S. The summed E-state index contributed by atoms with van der Waals surface area (Å²) in [7, 11) is 1.60. The lowest BCUT2D eigenvalue weighted by molar-refractivity contribution is -0.130. The summed E-state index contributed by atoms with van der Waals surface area (Å²) < 4.78 is 5.30. The Bertz CT molecular complexity index is 865. The summed E-state index contributed by atoms with van der Waals surface area (Å²) in [5, 5.41) is 11.8. The number of methoxy groups -OCH3 is 1. The molecule has 0 saturated heterocycles. The molecule has 0 aliphatic carbocycles. The van der Waals surface area contributed by atoms with E-state index in [1.54, 1.807) is 7.11 Å². The molecule has 0 radical (unpaired) electrons. The number of carboxylic acids is 1. The lowest BCUT2D eigenvalue weighted by Crippen LogP contribution is -2.04. The molecule has 0 unspecified atom stereocenters. The van der Waals surface area contributed by atoms with Crippen LogP contribution in [0.4, 0.5) is 0 Å². The van der Waals surface area contributed by atoms with Crippen molar-refractivity contribution in [2.75, 3.05) is 7.11 Å². The van der Waals surface area contributed by atoms with Crippen molar-refractivity contribution in [1.29, 1.82) is 0 Å². The zero-order valence-corrected chi connectivity index (χ0v) is 13.9. The van der Waals surface area contributed by atoms with Gasteiger partial charge in [0.05, 0.1) is 12.7 Å². The van der Waals surface area contributed by atoms with Gasteiger partial charge in [-0.2, -0.15) is 0 Å². The molecule has 0 spiro atoms. The van der Waals surface area contributed by atoms with Gasteiger partial charge in [0, 0.05) is 10.5 Å². The zero-order valence-electron chi connectivity index (χ0n) is 13.1. The summed E-state index contributed by atoms with van der Waals surface area (Å²) in [5.74, 6) is -0.254. The molecule has 1 heterocycles. The first-order valence-electron chi connectivity index (χ1n) is 7.42. The lowest BCUT2D eigenvalue weighted by Gasteiger charge is -2.14. The van der Waals surface area contributed by atoms with Crippen LogP contribution in [0.1, 0.15) is 16.0 Å².